The van der Waals surface area contributed by atoms with Gasteiger partial charge in [0.1, 0.15) is 5.69 Å². The van der Waals surface area contributed by atoms with Crippen molar-refractivity contribution in [2.24, 2.45) is 0 Å². The number of imidazole rings is 1. The lowest BCUT2D eigenvalue weighted by atomic mass is 10.2. The molecule has 6 heteroatoms. The van der Waals surface area contributed by atoms with Gasteiger partial charge in [0.15, 0.2) is 17.2 Å². The lowest BCUT2D eigenvalue weighted by molar-refractivity contribution is 0.414. The Kier molecular flexibility index (Phi) is 2.98. The summed E-state index contributed by atoms with van der Waals surface area (Å²) in [6.45, 7) is 1.96. The van der Waals surface area contributed by atoms with E-state index >= 15 is 0 Å². The molecule has 1 N–H and O–H groups in total. The maximum Gasteiger partial charge on any atom is 0.189 e. The summed E-state index contributed by atoms with van der Waals surface area (Å²) in [6.07, 6.45) is 1.77. The number of fused-ring (bicyclic) bond motifs is 1. The summed E-state index contributed by atoms with van der Waals surface area (Å²) in [5, 5.41) is 7.52. The van der Waals surface area contributed by atoms with Gasteiger partial charge < -0.3 is 10.1 Å². The van der Waals surface area contributed by atoms with Gasteiger partial charge in [0, 0.05) is 18.8 Å². The topological polar surface area (TPSA) is 64.3 Å². The Bertz CT molecular complexity index is 765. The molecule has 6 nitrogen and oxygen atoms in total. The van der Waals surface area contributed by atoms with Gasteiger partial charge in [-0.3, -0.25) is 4.98 Å². The maximum absolute atomic E-state index is 5.28. The molecule has 0 unspecified atom stereocenters. The van der Waals surface area contributed by atoms with E-state index in [0.717, 1.165) is 22.7 Å². The summed E-state index contributed by atoms with van der Waals surface area (Å²) in [6, 6.07) is 7.72. The average Bonchev–Trinajstić information content (AvgIpc) is 2.88. The summed E-state index contributed by atoms with van der Waals surface area (Å²) in [7, 11) is 3.42. The quantitative estimate of drug-likeness (QED) is 0.789. The Morgan fingerprint density at radius 3 is 2.85 bits per heavy atom. The van der Waals surface area contributed by atoms with Gasteiger partial charge in [-0.25, -0.2) is 9.50 Å². The summed E-state index contributed by atoms with van der Waals surface area (Å²) >= 11 is 0. The van der Waals surface area contributed by atoms with E-state index in [-0.39, 0.29) is 0 Å². The Morgan fingerprint density at radius 1 is 1.30 bits per heavy atom. The van der Waals surface area contributed by atoms with Crippen molar-refractivity contribution in [1.82, 2.24) is 19.6 Å². The number of rotatable bonds is 3. The van der Waals surface area contributed by atoms with Crippen LogP contribution in [0.15, 0.2) is 30.5 Å². The van der Waals surface area contributed by atoms with Crippen molar-refractivity contribution in [2.45, 2.75) is 6.92 Å². The van der Waals surface area contributed by atoms with Crippen LogP contribution in [0.25, 0.3) is 17.0 Å². The first-order valence-corrected chi connectivity index (χ1v) is 6.27. The van der Waals surface area contributed by atoms with Crippen molar-refractivity contribution in [2.75, 3.05) is 19.5 Å². The maximum atomic E-state index is 5.28. The first kappa shape index (κ1) is 12.4. The molecule has 3 aromatic heterocycles. The van der Waals surface area contributed by atoms with Crippen LogP contribution in [0.3, 0.4) is 0 Å². The van der Waals surface area contributed by atoms with Gasteiger partial charge in [-0.1, -0.05) is 6.07 Å². The molecule has 0 amide bonds. The van der Waals surface area contributed by atoms with Crippen molar-refractivity contribution in [1.29, 1.82) is 0 Å². The zero-order valence-corrected chi connectivity index (χ0v) is 11.6. The molecule has 0 bridgehead atoms. The first-order chi connectivity index (χ1) is 9.72. The highest BCUT2D eigenvalue weighted by Crippen LogP contribution is 2.25. The van der Waals surface area contributed by atoms with Gasteiger partial charge in [0.25, 0.3) is 0 Å². The van der Waals surface area contributed by atoms with E-state index in [1.165, 1.54) is 0 Å². The predicted octanol–water partition coefficient (Wildman–Crippen LogP) is 2.15. The smallest absolute Gasteiger partial charge is 0.189 e. The zero-order valence-electron chi connectivity index (χ0n) is 11.6. The number of hydrogen-bond donors (Lipinski definition) is 1. The van der Waals surface area contributed by atoms with Crippen molar-refractivity contribution in [3.63, 3.8) is 0 Å². The number of hydrogen-bond acceptors (Lipinski definition) is 5. The molecule has 0 atom stereocenters. The van der Waals surface area contributed by atoms with Crippen LogP contribution in [-0.4, -0.2) is 33.7 Å². The van der Waals surface area contributed by atoms with Crippen molar-refractivity contribution in [3.8, 4) is 17.1 Å². The average molecular weight is 269 g/mol. The van der Waals surface area contributed by atoms with E-state index in [9.17, 15) is 0 Å². The van der Waals surface area contributed by atoms with E-state index in [0.29, 0.717) is 11.6 Å². The van der Waals surface area contributed by atoms with Crippen LogP contribution in [0.2, 0.25) is 0 Å². The Labute approximate surface area is 116 Å². The second kappa shape index (κ2) is 4.80. The Morgan fingerprint density at radius 2 is 2.15 bits per heavy atom. The lowest BCUT2D eigenvalue weighted by Gasteiger charge is -2.08. The highest BCUT2D eigenvalue weighted by molar-refractivity contribution is 5.63. The monoisotopic (exact) mass is 269 g/mol. The van der Waals surface area contributed by atoms with Gasteiger partial charge in [-0.2, -0.15) is 0 Å². The van der Waals surface area contributed by atoms with Crippen molar-refractivity contribution < 1.29 is 4.74 Å². The third kappa shape index (κ3) is 1.95. The van der Waals surface area contributed by atoms with Crippen LogP contribution < -0.4 is 10.1 Å². The fourth-order valence-electron chi connectivity index (χ4n) is 2.09. The summed E-state index contributed by atoms with van der Waals surface area (Å²) in [5.74, 6) is 1.32. The fraction of sp³-hybridized carbons (Fsp3) is 0.214. The highest BCUT2D eigenvalue weighted by Gasteiger charge is 2.12. The number of aryl methyl sites for hydroxylation is 1. The molecule has 0 aliphatic rings. The largest absolute Gasteiger partial charge is 0.493 e. The minimum atomic E-state index is 0.659. The number of nitrogens with one attached hydrogen (secondary N) is 1. The second-order valence-corrected chi connectivity index (χ2v) is 4.39. The minimum absolute atomic E-state index is 0.659. The van der Waals surface area contributed by atoms with Crippen LogP contribution in [0.4, 0.5) is 5.82 Å². The molecule has 3 aromatic rings. The molecule has 3 rings (SSSR count). The van der Waals surface area contributed by atoms with E-state index in [2.05, 4.69) is 20.4 Å². The molecular formula is C14H15N5O. The van der Waals surface area contributed by atoms with Crippen LogP contribution in [-0.2, 0) is 0 Å². The van der Waals surface area contributed by atoms with E-state index in [4.69, 9.17) is 4.74 Å². The van der Waals surface area contributed by atoms with Crippen molar-refractivity contribution >= 4 is 11.5 Å². The molecule has 0 saturated carbocycles. The van der Waals surface area contributed by atoms with Gasteiger partial charge in [0.2, 0.25) is 0 Å². The zero-order chi connectivity index (χ0) is 14.1. The molecule has 0 radical (unpaired) electrons. The second-order valence-electron chi connectivity index (χ2n) is 4.39. The van der Waals surface area contributed by atoms with Gasteiger partial charge in [-0.05, 0) is 19.1 Å². The predicted molar refractivity (Wildman–Crippen MR) is 77.1 cm³/mol. The van der Waals surface area contributed by atoms with E-state index < -0.39 is 0 Å². The molecule has 0 fully saturated rings. The molecule has 0 saturated heterocycles. The molecule has 20 heavy (non-hydrogen) atoms. The van der Waals surface area contributed by atoms with Crippen LogP contribution in [0.5, 0.6) is 5.75 Å². The Balaban J connectivity index is 2.23. The molecule has 102 valence electrons. The molecule has 0 aromatic carbocycles. The van der Waals surface area contributed by atoms with Gasteiger partial charge in [0.05, 0.1) is 19.0 Å². The lowest BCUT2D eigenvalue weighted by Crippen LogP contribution is -2.03. The van der Waals surface area contributed by atoms with Crippen LogP contribution in [0, 0.1) is 6.92 Å². The van der Waals surface area contributed by atoms with E-state index in [1.807, 2.05) is 31.2 Å². The molecule has 3 heterocycles. The number of nitrogens with zero attached hydrogens (tertiary/aromatic N) is 4. The fourth-order valence-corrected chi connectivity index (χ4v) is 2.09. The van der Waals surface area contributed by atoms with Crippen LogP contribution >= 0.6 is 0 Å². The third-order valence-corrected chi connectivity index (χ3v) is 3.07. The van der Waals surface area contributed by atoms with Gasteiger partial charge >= 0.3 is 0 Å². The molecular weight excluding hydrogens is 254 g/mol. The number of methoxy groups -OCH3 is 1. The Hall–Kier alpha value is -2.63. The third-order valence-electron chi connectivity index (χ3n) is 3.07. The minimum Gasteiger partial charge on any atom is -0.493 e. The van der Waals surface area contributed by atoms with Crippen LogP contribution in [0.1, 0.15) is 5.69 Å². The summed E-state index contributed by atoms with van der Waals surface area (Å²) < 4.78 is 7.04. The molecule has 0 spiro atoms. The summed E-state index contributed by atoms with van der Waals surface area (Å²) in [4.78, 5) is 8.87. The molecule has 0 aliphatic carbocycles. The van der Waals surface area contributed by atoms with Gasteiger partial charge in [-0.15, -0.1) is 5.10 Å². The highest BCUT2D eigenvalue weighted by atomic mass is 16.5. The number of ether oxygens (including phenoxy) is 1. The normalized spacial score (nSPS) is 10.8. The molecule has 0 aliphatic heterocycles. The number of aromatic nitrogens is 4. The standard InChI is InChI=1S/C14H15N5O/c1-9-5-4-6-10(17-9)11-8-16-13-7-12(20-3)14(15-2)18-19(11)13/h4-8H,1-3H3,(H,15,18). The number of pyridine rings is 1. The summed E-state index contributed by atoms with van der Waals surface area (Å²) in [5.41, 5.74) is 3.37. The number of anilines is 1. The SMILES string of the molecule is CNc1nn2c(-c3cccc(C)n3)cnc2cc1OC. The first-order valence-electron chi connectivity index (χ1n) is 6.27. The van der Waals surface area contributed by atoms with Crippen molar-refractivity contribution in [3.05, 3.63) is 36.2 Å². The van der Waals surface area contributed by atoms with E-state index in [1.54, 1.807) is 24.9 Å².